The van der Waals surface area contributed by atoms with Crippen LogP contribution in [0, 0.1) is 11.3 Å². The third-order valence-electron chi connectivity index (χ3n) is 3.52. The average molecular weight is 226 g/mol. The van der Waals surface area contributed by atoms with Gasteiger partial charge in [0.2, 0.25) is 6.08 Å². The van der Waals surface area contributed by atoms with Crippen LogP contribution in [0.4, 0.5) is 0 Å². The number of carbonyl (C=O) groups excluding carboxylic acids is 1. The van der Waals surface area contributed by atoms with E-state index in [1.807, 2.05) is 30.3 Å². The van der Waals surface area contributed by atoms with Crippen LogP contribution in [-0.2, 0) is 4.79 Å². The zero-order chi connectivity index (χ0) is 12.1. The van der Waals surface area contributed by atoms with Crippen LogP contribution in [0.25, 0.3) is 0 Å². The molecule has 17 heavy (non-hydrogen) atoms. The molecule has 1 aromatic rings. The van der Waals surface area contributed by atoms with Gasteiger partial charge in [-0.3, -0.25) is 0 Å². The Balaban J connectivity index is 2.42. The summed E-state index contributed by atoms with van der Waals surface area (Å²) in [4.78, 5) is 14.4. The first kappa shape index (κ1) is 11.6. The highest BCUT2D eigenvalue weighted by molar-refractivity contribution is 5.40. The van der Waals surface area contributed by atoms with Crippen LogP contribution in [0.3, 0.4) is 0 Å². The molecule has 2 unspecified atom stereocenters. The van der Waals surface area contributed by atoms with Gasteiger partial charge in [0.05, 0.1) is 6.07 Å². The molecule has 3 heteroatoms. The molecule has 2 rings (SSSR count). The van der Waals surface area contributed by atoms with Gasteiger partial charge in [-0.2, -0.15) is 10.3 Å². The van der Waals surface area contributed by atoms with Crippen LogP contribution in [0.1, 0.15) is 37.2 Å². The van der Waals surface area contributed by atoms with E-state index in [-0.39, 0.29) is 5.92 Å². The lowest BCUT2D eigenvalue weighted by molar-refractivity contribution is 0.317. The summed E-state index contributed by atoms with van der Waals surface area (Å²) in [7, 11) is 0. The van der Waals surface area contributed by atoms with Crippen molar-refractivity contribution in [2.75, 3.05) is 0 Å². The Kier molecular flexibility index (Phi) is 3.37. The minimum atomic E-state index is -0.901. The smallest absolute Gasteiger partial charge is 0.211 e. The average Bonchev–Trinajstić information content (AvgIpc) is 2.40. The number of isocyanates is 1. The van der Waals surface area contributed by atoms with Gasteiger partial charge in [0.25, 0.3) is 0 Å². The highest BCUT2D eigenvalue weighted by Crippen LogP contribution is 2.42. The molecule has 1 aromatic carbocycles. The second-order valence-corrected chi connectivity index (χ2v) is 4.45. The van der Waals surface area contributed by atoms with Gasteiger partial charge in [-0.1, -0.05) is 36.8 Å². The Labute approximate surface area is 101 Å². The van der Waals surface area contributed by atoms with Gasteiger partial charge in [0.15, 0.2) is 5.54 Å². The number of nitrogens with zero attached hydrogens (tertiary/aromatic N) is 2. The fourth-order valence-corrected chi connectivity index (χ4v) is 2.66. The maximum absolute atomic E-state index is 10.6. The van der Waals surface area contributed by atoms with Crippen molar-refractivity contribution < 1.29 is 4.79 Å². The van der Waals surface area contributed by atoms with Crippen LogP contribution < -0.4 is 0 Å². The number of rotatable bonds is 2. The fourth-order valence-electron chi connectivity index (χ4n) is 2.66. The van der Waals surface area contributed by atoms with E-state index in [1.54, 1.807) is 6.08 Å². The lowest BCUT2D eigenvalue weighted by Gasteiger charge is -2.34. The summed E-state index contributed by atoms with van der Waals surface area (Å²) in [6.07, 6.45) is 5.17. The molecular formula is C14H14N2O. The Morgan fingerprint density at radius 2 is 2.06 bits per heavy atom. The lowest BCUT2D eigenvalue weighted by atomic mass is 9.71. The first-order valence-electron chi connectivity index (χ1n) is 5.87. The predicted octanol–water partition coefficient (Wildman–Crippen LogP) is 2.94. The van der Waals surface area contributed by atoms with Gasteiger partial charge in [-0.05, 0) is 24.8 Å². The molecule has 1 aliphatic rings. The number of aliphatic imine (C=N–C) groups is 1. The molecule has 0 aromatic heterocycles. The second-order valence-electron chi connectivity index (χ2n) is 4.45. The number of hydrogen-bond donors (Lipinski definition) is 0. The van der Waals surface area contributed by atoms with E-state index in [4.69, 9.17) is 0 Å². The van der Waals surface area contributed by atoms with Crippen molar-refractivity contribution in [3.8, 4) is 6.07 Å². The van der Waals surface area contributed by atoms with Crippen LogP contribution in [-0.4, -0.2) is 11.6 Å². The minimum Gasteiger partial charge on any atom is -0.211 e. The van der Waals surface area contributed by atoms with Crippen molar-refractivity contribution in [1.29, 1.82) is 5.26 Å². The van der Waals surface area contributed by atoms with Gasteiger partial charge >= 0.3 is 0 Å². The topological polar surface area (TPSA) is 53.2 Å². The summed E-state index contributed by atoms with van der Waals surface area (Å²) in [5.74, 6) is 0.0175. The molecule has 1 aliphatic carbocycles. The largest absolute Gasteiger partial charge is 0.236 e. The molecule has 0 bridgehead atoms. The summed E-state index contributed by atoms with van der Waals surface area (Å²) in [5, 5.41) is 9.38. The van der Waals surface area contributed by atoms with Gasteiger partial charge in [-0.25, -0.2) is 4.79 Å². The third-order valence-corrected chi connectivity index (χ3v) is 3.52. The molecular weight excluding hydrogens is 212 g/mol. The maximum atomic E-state index is 10.6. The van der Waals surface area contributed by atoms with E-state index >= 15 is 0 Å². The monoisotopic (exact) mass is 226 g/mol. The number of benzene rings is 1. The van der Waals surface area contributed by atoms with Gasteiger partial charge < -0.3 is 0 Å². The Bertz CT molecular complexity index is 471. The van der Waals surface area contributed by atoms with Gasteiger partial charge in [0, 0.05) is 5.92 Å². The van der Waals surface area contributed by atoms with Crippen molar-refractivity contribution in [2.45, 2.75) is 37.1 Å². The van der Waals surface area contributed by atoms with Crippen molar-refractivity contribution in [2.24, 2.45) is 4.99 Å². The van der Waals surface area contributed by atoms with Crippen LogP contribution in [0.2, 0.25) is 0 Å². The van der Waals surface area contributed by atoms with E-state index in [9.17, 15) is 10.1 Å². The third kappa shape index (κ3) is 2.13. The van der Waals surface area contributed by atoms with Gasteiger partial charge in [-0.15, -0.1) is 0 Å². The minimum absolute atomic E-state index is 0.0175. The normalized spacial score (nSPS) is 27.8. The fraction of sp³-hybridized carbons (Fsp3) is 0.429. The first-order valence-corrected chi connectivity index (χ1v) is 5.87. The molecule has 0 heterocycles. The SMILES string of the molecule is N#CC1(N=C=O)CCCCC1c1ccccc1. The zero-order valence-corrected chi connectivity index (χ0v) is 9.60. The van der Waals surface area contributed by atoms with E-state index in [2.05, 4.69) is 11.1 Å². The van der Waals surface area contributed by atoms with Gasteiger partial charge in [0.1, 0.15) is 0 Å². The molecule has 0 radical (unpaired) electrons. The highest BCUT2D eigenvalue weighted by atomic mass is 16.1. The Morgan fingerprint density at radius 3 is 2.71 bits per heavy atom. The van der Waals surface area contributed by atoms with E-state index < -0.39 is 5.54 Å². The molecule has 0 spiro atoms. The van der Waals surface area contributed by atoms with E-state index in [0.29, 0.717) is 6.42 Å². The molecule has 1 fully saturated rings. The van der Waals surface area contributed by atoms with Crippen molar-refractivity contribution in [3.63, 3.8) is 0 Å². The standard InChI is InChI=1S/C14H14N2O/c15-10-14(16-11-17)9-5-4-8-13(14)12-6-2-1-3-7-12/h1-3,6-7,13H,4-5,8-9H2. The summed E-state index contributed by atoms with van der Waals surface area (Å²) in [6, 6.07) is 12.1. The molecule has 0 amide bonds. The van der Waals surface area contributed by atoms with Crippen molar-refractivity contribution >= 4 is 6.08 Å². The predicted molar refractivity (Wildman–Crippen MR) is 64.1 cm³/mol. The molecule has 86 valence electrons. The van der Waals surface area contributed by atoms with Crippen LogP contribution in [0.5, 0.6) is 0 Å². The first-order chi connectivity index (χ1) is 8.32. The van der Waals surface area contributed by atoms with Crippen molar-refractivity contribution in [3.05, 3.63) is 35.9 Å². The Morgan fingerprint density at radius 1 is 1.29 bits per heavy atom. The number of nitriles is 1. The lowest BCUT2D eigenvalue weighted by Crippen LogP contribution is -2.35. The summed E-state index contributed by atoms with van der Waals surface area (Å²) in [6.45, 7) is 0. The number of hydrogen-bond acceptors (Lipinski definition) is 3. The van der Waals surface area contributed by atoms with Crippen molar-refractivity contribution in [1.82, 2.24) is 0 Å². The van der Waals surface area contributed by atoms with Crippen LogP contribution in [0.15, 0.2) is 35.3 Å². The van der Waals surface area contributed by atoms with E-state index in [0.717, 1.165) is 24.8 Å². The molecule has 0 N–H and O–H groups in total. The van der Waals surface area contributed by atoms with E-state index in [1.165, 1.54) is 0 Å². The zero-order valence-electron chi connectivity index (χ0n) is 9.60. The maximum Gasteiger partial charge on any atom is 0.236 e. The quantitative estimate of drug-likeness (QED) is 0.575. The molecule has 0 aliphatic heterocycles. The Hall–Kier alpha value is -1.91. The molecule has 3 nitrogen and oxygen atoms in total. The molecule has 0 saturated heterocycles. The summed E-state index contributed by atoms with van der Waals surface area (Å²) >= 11 is 0. The summed E-state index contributed by atoms with van der Waals surface area (Å²) in [5.41, 5.74) is 0.189. The van der Waals surface area contributed by atoms with Crippen LogP contribution >= 0.6 is 0 Å². The summed E-state index contributed by atoms with van der Waals surface area (Å²) < 4.78 is 0. The highest BCUT2D eigenvalue weighted by Gasteiger charge is 2.42. The molecule has 1 saturated carbocycles. The molecule has 2 atom stereocenters. The second kappa shape index (κ2) is 4.95.